The van der Waals surface area contributed by atoms with E-state index >= 15 is 0 Å². The van der Waals surface area contributed by atoms with Crippen LogP contribution in [0.15, 0.2) is 30.5 Å². The molecule has 1 N–H and O–H groups in total. The van der Waals surface area contributed by atoms with Gasteiger partial charge in [0.25, 0.3) is 0 Å². The van der Waals surface area contributed by atoms with Crippen molar-refractivity contribution in [1.29, 1.82) is 0 Å². The number of nitrogens with zero attached hydrogens (tertiary/aromatic N) is 2. The van der Waals surface area contributed by atoms with Crippen LogP contribution in [0.5, 0.6) is 0 Å². The van der Waals surface area contributed by atoms with Crippen LogP contribution in [0.25, 0.3) is 0 Å². The molecule has 0 aliphatic heterocycles. The molecule has 0 bridgehead atoms. The molecule has 96 valence electrons. The molecule has 0 saturated carbocycles. The number of hydrogen-bond acceptors (Lipinski definition) is 2. The van der Waals surface area contributed by atoms with Gasteiger partial charge in [0.05, 0.1) is 23.0 Å². The Morgan fingerprint density at radius 1 is 1.39 bits per heavy atom. The molecule has 0 amide bonds. The summed E-state index contributed by atoms with van der Waals surface area (Å²) in [5, 5.41) is 8.22. The van der Waals surface area contributed by atoms with Gasteiger partial charge in [0.1, 0.15) is 0 Å². The quantitative estimate of drug-likeness (QED) is 0.919. The molecular formula is C14H18ClN3. The highest BCUT2D eigenvalue weighted by Crippen LogP contribution is 2.25. The Kier molecular flexibility index (Phi) is 4.04. The summed E-state index contributed by atoms with van der Waals surface area (Å²) >= 11 is 6.20. The predicted octanol–water partition coefficient (Wildman–Crippen LogP) is 2.89. The third-order valence-electron chi connectivity index (χ3n) is 3.30. The Bertz CT molecular complexity index is 514. The van der Waals surface area contributed by atoms with E-state index in [2.05, 4.69) is 41.6 Å². The van der Waals surface area contributed by atoms with Crippen LogP contribution in [-0.2, 0) is 13.5 Å². The SMILES string of the molecule is CNC(Cc1ccccc1C)c1c(Cl)cnn1C. The monoisotopic (exact) mass is 263 g/mol. The van der Waals surface area contributed by atoms with Gasteiger partial charge in [-0.1, -0.05) is 35.9 Å². The molecule has 2 rings (SSSR count). The molecule has 0 spiro atoms. The van der Waals surface area contributed by atoms with Crippen LogP contribution in [-0.4, -0.2) is 16.8 Å². The van der Waals surface area contributed by atoms with E-state index in [9.17, 15) is 0 Å². The van der Waals surface area contributed by atoms with Crippen molar-refractivity contribution in [3.05, 3.63) is 52.3 Å². The molecule has 1 aromatic heterocycles. The lowest BCUT2D eigenvalue weighted by Gasteiger charge is -2.18. The fourth-order valence-corrected chi connectivity index (χ4v) is 2.50. The van der Waals surface area contributed by atoms with Gasteiger partial charge in [-0.3, -0.25) is 4.68 Å². The molecule has 1 heterocycles. The Hall–Kier alpha value is -1.32. The summed E-state index contributed by atoms with van der Waals surface area (Å²) in [7, 11) is 3.87. The molecule has 0 aliphatic carbocycles. The van der Waals surface area contributed by atoms with Crippen molar-refractivity contribution in [1.82, 2.24) is 15.1 Å². The number of halogens is 1. The maximum atomic E-state index is 6.20. The van der Waals surface area contributed by atoms with E-state index in [-0.39, 0.29) is 6.04 Å². The van der Waals surface area contributed by atoms with Crippen LogP contribution >= 0.6 is 11.6 Å². The van der Waals surface area contributed by atoms with E-state index in [0.29, 0.717) is 5.02 Å². The van der Waals surface area contributed by atoms with Gasteiger partial charge in [-0.05, 0) is 31.5 Å². The molecule has 4 heteroatoms. The first-order valence-corrected chi connectivity index (χ1v) is 6.40. The summed E-state index contributed by atoms with van der Waals surface area (Å²) in [5.74, 6) is 0. The first-order chi connectivity index (χ1) is 8.63. The van der Waals surface area contributed by atoms with E-state index < -0.39 is 0 Å². The zero-order chi connectivity index (χ0) is 13.1. The van der Waals surface area contributed by atoms with Crippen LogP contribution in [0.2, 0.25) is 5.02 Å². The maximum absolute atomic E-state index is 6.20. The summed E-state index contributed by atoms with van der Waals surface area (Å²) in [5.41, 5.74) is 3.66. The fourth-order valence-electron chi connectivity index (χ4n) is 2.21. The zero-order valence-electron chi connectivity index (χ0n) is 10.9. The molecule has 1 atom stereocenters. The van der Waals surface area contributed by atoms with Gasteiger partial charge in [0, 0.05) is 7.05 Å². The standard InChI is InChI=1S/C14H18ClN3/c1-10-6-4-5-7-11(10)8-13(16-2)14-12(15)9-17-18(14)3/h4-7,9,13,16H,8H2,1-3H3. The van der Waals surface area contributed by atoms with Gasteiger partial charge in [0.2, 0.25) is 0 Å². The molecule has 0 saturated heterocycles. The number of benzene rings is 1. The number of nitrogens with one attached hydrogen (secondary N) is 1. The van der Waals surface area contributed by atoms with Crippen molar-refractivity contribution >= 4 is 11.6 Å². The van der Waals surface area contributed by atoms with E-state index in [1.54, 1.807) is 6.20 Å². The van der Waals surface area contributed by atoms with Crippen molar-refractivity contribution in [2.75, 3.05) is 7.05 Å². The third-order valence-corrected chi connectivity index (χ3v) is 3.59. The van der Waals surface area contributed by atoms with Gasteiger partial charge >= 0.3 is 0 Å². The van der Waals surface area contributed by atoms with E-state index in [0.717, 1.165) is 12.1 Å². The molecule has 0 aliphatic rings. The lowest BCUT2D eigenvalue weighted by Crippen LogP contribution is -2.22. The van der Waals surface area contributed by atoms with Crippen LogP contribution < -0.4 is 5.32 Å². The minimum Gasteiger partial charge on any atom is -0.311 e. The molecular weight excluding hydrogens is 246 g/mol. The average molecular weight is 264 g/mol. The molecule has 18 heavy (non-hydrogen) atoms. The summed E-state index contributed by atoms with van der Waals surface area (Å²) in [6.07, 6.45) is 2.60. The van der Waals surface area contributed by atoms with Crippen LogP contribution in [0.3, 0.4) is 0 Å². The first-order valence-electron chi connectivity index (χ1n) is 6.02. The minimum absolute atomic E-state index is 0.172. The van der Waals surface area contributed by atoms with E-state index in [4.69, 9.17) is 11.6 Å². The van der Waals surface area contributed by atoms with Gasteiger partial charge in [-0.2, -0.15) is 5.10 Å². The smallest absolute Gasteiger partial charge is 0.0834 e. The van der Waals surface area contributed by atoms with Gasteiger partial charge in [-0.15, -0.1) is 0 Å². The highest BCUT2D eigenvalue weighted by atomic mass is 35.5. The highest BCUT2D eigenvalue weighted by molar-refractivity contribution is 6.31. The largest absolute Gasteiger partial charge is 0.311 e. The molecule has 0 fully saturated rings. The van der Waals surface area contributed by atoms with Crippen molar-refractivity contribution in [3.63, 3.8) is 0 Å². The van der Waals surface area contributed by atoms with Crippen molar-refractivity contribution in [2.45, 2.75) is 19.4 Å². The second-order valence-electron chi connectivity index (χ2n) is 4.47. The Morgan fingerprint density at radius 3 is 2.67 bits per heavy atom. The number of hydrogen-bond donors (Lipinski definition) is 1. The lowest BCUT2D eigenvalue weighted by molar-refractivity contribution is 0.536. The number of likely N-dealkylation sites (N-methyl/N-ethyl adjacent to an activating group) is 1. The second-order valence-corrected chi connectivity index (χ2v) is 4.88. The number of aryl methyl sites for hydroxylation is 2. The summed E-state index contributed by atoms with van der Waals surface area (Å²) < 4.78 is 1.84. The first kappa shape index (κ1) is 13.1. The Morgan fingerprint density at radius 2 is 2.11 bits per heavy atom. The predicted molar refractivity (Wildman–Crippen MR) is 74.9 cm³/mol. The molecule has 3 nitrogen and oxygen atoms in total. The van der Waals surface area contributed by atoms with Crippen LogP contribution in [0, 0.1) is 6.92 Å². The summed E-state index contributed by atoms with van der Waals surface area (Å²) in [4.78, 5) is 0. The Labute approximate surface area is 113 Å². The summed E-state index contributed by atoms with van der Waals surface area (Å²) in [6.45, 7) is 2.13. The third kappa shape index (κ3) is 2.57. The van der Waals surface area contributed by atoms with Crippen molar-refractivity contribution < 1.29 is 0 Å². The van der Waals surface area contributed by atoms with Gasteiger partial charge < -0.3 is 5.32 Å². The van der Waals surface area contributed by atoms with Crippen molar-refractivity contribution in [2.24, 2.45) is 7.05 Å². The molecule has 0 radical (unpaired) electrons. The molecule has 1 aromatic carbocycles. The second kappa shape index (κ2) is 5.55. The van der Waals surface area contributed by atoms with E-state index in [1.165, 1.54) is 11.1 Å². The minimum atomic E-state index is 0.172. The highest BCUT2D eigenvalue weighted by Gasteiger charge is 2.18. The normalized spacial score (nSPS) is 12.7. The fraction of sp³-hybridized carbons (Fsp3) is 0.357. The van der Waals surface area contributed by atoms with Crippen LogP contribution in [0.4, 0.5) is 0 Å². The number of aromatic nitrogens is 2. The lowest BCUT2D eigenvalue weighted by atomic mass is 9.99. The van der Waals surface area contributed by atoms with Gasteiger partial charge in [0.15, 0.2) is 0 Å². The molecule has 2 aromatic rings. The topological polar surface area (TPSA) is 29.9 Å². The number of rotatable bonds is 4. The molecule has 1 unspecified atom stereocenters. The van der Waals surface area contributed by atoms with E-state index in [1.807, 2.05) is 18.8 Å². The van der Waals surface area contributed by atoms with Gasteiger partial charge in [-0.25, -0.2) is 0 Å². The van der Waals surface area contributed by atoms with Crippen LogP contribution in [0.1, 0.15) is 22.9 Å². The summed E-state index contributed by atoms with van der Waals surface area (Å²) in [6, 6.07) is 8.59. The Balaban J connectivity index is 2.28. The zero-order valence-corrected chi connectivity index (χ0v) is 11.7. The average Bonchev–Trinajstić information content (AvgIpc) is 2.69. The maximum Gasteiger partial charge on any atom is 0.0834 e. The van der Waals surface area contributed by atoms with Crippen molar-refractivity contribution in [3.8, 4) is 0 Å².